The van der Waals surface area contributed by atoms with Crippen LogP contribution in [0, 0.1) is 0 Å². The molecule has 2 aromatic rings. The fourth-order valence-corrected chi connectivity index (χ4v) is 2.79. The van der Waals surface area contributed by atoms with Crippen LogP contribution in [0.4, 0.5) is 4.79 Å². The van der Waals surface area contributed by atoms with Gasteiger partial charge in [0.25, 0.3) is 0 Å². The van der Waals surface area contributed by atoms with Gasteiger partial charge in [-0.3, -0.25) is 0 Å². The molecule has 0 spiro atoms. The van der Waals surface area contributed by atoms with E-state index in [1.165, 1.54) is 0 Å². The van der Waals surface area contributed by atoms with Crippen molar-refractivity contribution in [2.45, 2.75) is 25.6 Å². The Kier molecular flexibility index (Phi) is 6.93. The molecule has 2 N–H and O–H groups in total. The minimum absolute atomic E-state index is 0.0476. The zero-order chi connectivity index (χ0) is 18.9. The molecule has 27 heavy (non-hydrogen) atoms. The summed E-state index contributed by atoms with van der Waals surface area (Å²) in [6.07, 6.45) is 0.605. The SMILES string of the molecule is C[C@@H](OCCCNC(=O)NC[C@@H]1COc2ccccc2O1)c1ccccc1. The quantitative estimate of drug-likeness (QED) is 0.700. The lowest BCUT2D eigenvalue weighted by molar-refractivity contribution is 0.0643. The van der Waals surface area contributed by atoms with E-state index in [0.717, 1.165) is 17.7 Å². The molecule has 6 heteroatoms. The summed E-state index contributed by atoms with van der Waals surface area (Å²) in [6, 6.07) is 17.4. The number of carbonyl (C=O) groups excluding carboxylic acids is 1. The Labute approximate surface area is 159 Å². The van der Waals surface area contributed by atoms with E-state index in [-0.39, 0.29) is 18.2 Å². The summed E-state index contributed by atoms with van der Waals surface area (Å²) < 4.78 is 17.2. The van der Waals surface area contributed by atoms with Gasteiger partial charge >= 0.3 is 6.03 Å². The van der Waals surface area contributed by atoms with Crippen molar-refractivity contribution in [3.63, 3.8) is 0 Å². The first-order chi connectivity index (χ1) is 13.2. The van der Waals surface area contributed by atoms with Crippen LogP contribution in [-0.4, -0.2) is 38.4 Å². The van der Waals surface area contributed by atoms with Gasteiger partial charge in [0.1, 0.15) is 6.61 Å². The lowest BCUT2D eigenvalue weighted by atomic mass is 10.1. The van der Waals surface area contributed by atoms with Crippen LogP contribution < -0.4 is 20.1 Å². The van der Waals surface area contributed by atoms with E-state index in [1.54, 1.807) is 0 Å². The Morgan fingerprint density at radius 3 is 2.67 bits per heavy atom. The molecule has 0 fully saturated rings. The molecule has 2 aromatic carbocycles. The van der Waals surface area contributed by atoms with Gasteiger partial charge in [0.2, 0.25) is 0 Å². The minimum Gasteiger partial charge on any atom is -0.486 e. The second kappa shape index (κ2) is 9.83. The van der Waals surface area contributed by atoms with E-state index in [2.05, 4.69) is 10.6 Å². The Morgan fingerprint density at radius 2 is 1.85 bits per heavy atom. The van der Waals surface area contributed by atoms with Gasteiger partial charge in [-0.15, -0.1) is 0 Å². The number of amides is 2. The van der Waals surface area contributed by atoms with Crippen molar-refractivity contribution in [1.82, 2.24) is 10.6 Å². The van der Waals surface area contributed by atoms with E-state index in [4.69, 9.17) is 14.2 Å². The number of fused-ring (bicyclic) bond motifs is 1. The molecule has 0 saturated carbocycles. The van der Waals surface area contributed by atoms with Gasteiger partial charge in [-0.2, -0.15) is 0 Å². The summed E-state index contributed by atoms with van der Waals surface area (Å²) in [4.78, 5) is 11.9. The molecule has 0 saturated heterocycles. The van der Waals surface area contributed by atoms with Crippen LogP contribution in [0.25, 0.3) is 0 Å². The van der Waals surface area contributed by atoms with E-state index >= 15 is 0 Å². The third-order valence-electron chi connectivity index (χ3n) is 4.30. The Bertz CT molecular complexity index is 723. The van der Waals surface area contributed by atoms with Gasteiger partial charge in [-0.1, -0.05) is 42.5 Å². The maximum absolute atomic E-state index is 11.9. The number of hydrogen-bond acceptors (Lipinski definition) is 4. The molecular formula is C21H26N2O4. The molecule has 2 atom stereocenters. The normalized spacial score (nSPS) is 16.4. The topological polar surface area (TPSA) is 68.8 Å². The zero-order valence-corrected chi connectivity index (χ0v) is 15.5. The number of rotatable bonds is 8. The number of nitrogens with one attached hydrogen (secondary N) is 2. The van der Waals surface area contributed by atoms with Crippen molar-refractivity contribution in [1.29, 1.82) is 0 Å². The van der Waals surface area contributed by atoms with Crippen molar-refractivity contribution in [2.24, 2.45) is 0 Å². The second-order valence-electron chi connectivity index (χ2n) is 6.41. The molecule has 0 aliphatic carbocycles. The summed E-state index contributed by atoms with van der Waals surface area (Å²) in [5.74, 6) is 1.45. The maximum atomic E-state index is 11.9. The van der Waals surface area contributed by atoms with Crippen molar-refractivity contribution >= 4 is 6.03 Å². The predicted molar refractivity (Wildman–Crippen MR) is 103 cm³/mol. The first-order valence-electron chi connectivity index (χ1n) is 9.29. The molecule has 144 valence electrons. The fourth-order valence-electron chi connectivity index (χ4n) is 2.79. The standard InChI is InChI=1S/C21H26N2O4/c1-16(17-8-3-2-4-9-17)25-13-7-12-22-21(24)23-14-18-15-26-19-10-5-6-11-20(19)27-18/h2-6,8-11,16,18H,7,12-15H2,1H3,(H2,22,23,24)/t16-,18-/m1/s1. The molecule has 1 aliphatic heterocycles. The number of para-hydroxylation sites is 2. The fraction of sp³-hybridized carbons (Fsp3) is 0.381. The third-order valence-corrected chi connectivity index (χ3v) is 4.30. The van der Waals surface area contributed by atoms with Crippen molar-refractivity contribution in [2.75, 3.05) is 26.3 Å². The van der Waals surface area contributed by atoms with Crippen LogP contribution in [0.15, 0.2) is 54.6 Å². The molecule has 1 heterocycles. The van der Waals surface area contributed by atoms with E-state index in [0.29, 0.717) is 32.1 Å². The molecule has 1 aliphatic rings. The van der Waals surface area contributed by atoms with E-state index in [9.17, 15) is 4.79 Å². The average molecular weight is 370 g/mol. The molecule has 2 amide bonds. The van der Waals surface area contributed by atoms with Crippen LogP contribution in [0.5, 0.6) is 11.5 Å². The Morgan fingerprint density at radius 1 is 1.11 bits per heavy atom. The largest absolute Gasteiger partial charge is 0.486 e. The lowest BCUT2D eigenvalue weighted by Crippen LogP contribution is -2.44. The van der Waals surface area contributed by atoms with Crippen LogP contribution in [-0.2, 0) is 4.74 Å². The first-order valence-corrected chi connectivity index (χ1v) is 9.29. The highest BCUT2D eigenvalue weighted by Gasteiger charge is 2.20. The molecule has 0 radical (unpaired) electrons. The molecule has 6 nitrogen and oxygen atoms in total. The first kappa shape index (κ1) is 19.0. The van der Waals surface area contributed by atoms with Gasteiger partial charge in [0, 0.05) is 13.2 Å². The summed E-state index contributed by atoms with van der Waals surface area (Å²) >= 11 is 0. The molecular weight excluding hydrogens is 344 g/mol. The van der Waals surface area contributed by atoms with Crippen LogP contribution in [0.2, 0.25) is 0 Å². The summed E-state index contributed by atoms with van der Waals surface area (Å²) in [5.41, 5.74) is 1.15. The molecule has 3 rings (SSSR count). The number of ether oxygens (including phenoxy) is 3. The van der Waals surface area contributed by atoms with Crippen LogP contribution >= 0.6 is 0 Å². The van der Waals surface area contributed by atoms with Crippen LogP contribution in [0.3, 0.4) is 0 Å². The highest BCUT2D eigenvalue weighted by molar-refractivity contribution is 5.73. The van der Waals surface area contributed by atoms with E-state index < -0.39 is 0 Å². The smallest absolute Gasteiger partial charge is 0.314 e. The average Bonchev–Trinajstić information content (AvgIpc) is 2.72. The number of hydrogen-bond donors (Lipinski definition) is 2. The van der Waals surface area contributed by atoms with Gasteiger partial charge in [-0.25, -0.2) is 4.79 Å². The summed E-state index contributed by atoms with van der Waals surface area (Å²) in [5, 5.41) is 5.64. The van der Waals surface area contributed by atoms with Crippen LogP contribution in [0.1, 0.15) is 25.0 Å². The van der Waals surface area contributed by atoms with E-state index in [1.807, 2.05) is 61.5 Å². The van der Waals surface area contributed by atoms with Gasteiger partial charge < -0.3 is 24.8 Å². The number of benzene rings is 2. The third kappa shape index (κ3) is 5.89. The van der Waals surface area contributed by atoms with Crippen molar-refractivity contribution < 1.29 is 19.0 Å². The number of carbonyl (C=O) groups is 1. The Hall–Kier alpha value is -2.73. The highest BCUT2D eigenvalue weighted by atomic mass is 16.6. The predicted octanol–water partition coefficient (Wildman–Crippen LogP) is 3.29. The van der Waals surface area contributed by atoms with Gasteiger partial charge in [0.05, 0.1) is 12.6 Å². The number of urea groups is 1. The molecule has 0 aromatic heterocycles. The molecule has 0 bridgehead atoms. The van der Waals surface area contributed by atoms with Gasteiger partial charge in [0.15, 0.2) is 17.6 Å². The minimum atomic E-state index is -0.214. The summed E-state index contributed by atoms with van der Waals surface area (Å²) in [6.45, 7) is 3.98. The highest BCUT2D eigenvalue weighted by Crippen LogP contribution is 2.30. The van der Waals surface area contributed by atoms with Crippen molar-refractivity contribution in [3.05, 3.63) is 60.2 Å². The lowest BCUT2D eigenvalue weighted by Gasteiger charge is -2.26. The second-order valence-corrected chi connectivity index (χ2v) is 6.41. The Balaban J connectivity index is 1.26. The zero-order valence-electron chi connectivity index (χ0n) is 15.5. The van der Waals surface area contributed by atoms with Gasteiger partial charge in [-0.05, 0) is 31.0 Å². The molecule has 0 unspecified atom stereocenters. The monoisotopic (exact) mass is 370 g/mol. The maximum Gasteiger partial charge on any atom is 0.314 e. The summed E-state index contributed by atoms with van der Waals surface area (Å²) in [7, 11) is 0. The van der Waals surface area contributed by atoms with Crippen molar-refractivity contribution in [3.8, 4) is 11.5 Å².